The van der Waals surface area contributed by atoms with Gasteiger partial charge in [-0.05, 0) is 36.2 Å². The highest BCUT2D eigenvalue weighted by Gasteiger charge is 2.07. The van der Waals surface area contributed by atoms with Crippen LogP contribution in [0.2, 0.25) is 0 Å². The van der Waals surface area contributed by atoms with Gasteiger partial charge in [0.25, 0.3) is 0 Å². The first-order valence-electron chi connectivity index (χ1n) is 6.29. The molecule has 0 heterocycles. The van der Waals surface area contributed by atoms with Gasteiger partial charge >= 0.3 is 0 Å². The second-order valence-corrected chi connectivity index (χ2v) is 5.09. The SMILES string of the molecule is C=CCNC(=S)NC(C)c1ccc(C(C)C)cc1. The summed E-state index contributed by atoms with van der Waals surface area (Å²) in [5, 5.41) is 6.98. The molecule has 0 fully saturated rings. The molecule has 3 heteroatoms. The zero-order chi connectivity index (χ0) is 13.5. The van der Waals surface area contributed by atoms with E-state index in [1.807, 2.05) is 0 Å². The lowest BCUT2D eigenvalue weighted by atomic mass is 10.00. The first kappa shape index (κ1) is 14.7. The van der Waals surface area contributed by atoms with Crippen molar-refractivity contribution in [3.63, 3.8) is 0 Å². The van der Waals surface area contributed by atoms with E-state index in [1.165, 1.54) is 11.1 Å². The van der Waals surface area contributed by atoms with Crippen molar-refractivity contribution in [2.45, 2.75) is 32.7 Å². The van der Waals surface area contributed by atoms with Gasteiger partial charge in [0.15, 0.2) is 5.11 Å². The van der Waals surface area contributed by atoms with E-state index in [9.17, 15) is 0 Å². The zero-order valence-electron chi connectivity index (χ0n) is 11.4. The first-order valence-corrected chi connectivity index (χ1v) is 6.70. The monoisotopic (exact) mass is 262 g/mol. The summed E-state index contributed by atoms with van der Waals surface area (Å²) in [5.74, 6) is 0.567. The second kappa shape index (κ2) is 7.17. The molecule has 2 nitrogen and oxygen atoms in total. The second-order valence-electron chi connectivity index (χ2n) is 4.69. The van der Waals surface area contributed by atoms with Crippen LogP contribution >= 0.6 is 12.2 Å². The molecule has 1 atom stereocenters. The third-order valence-corrected chi connectivity index (χ3v) is 3.12. The van der Waals surface area contributed by atoms with Gasteiger partial charge < -0.3 is 10.6 Å². The minimum Gasteiger partial charge on any atom is -0.359 e. The van der Waals surface area contributed by atoms with E-state index in [2.05, 4.69) is 62.2 Å². The van der Waals surface area contributed by atoms with E-state index >= 15 is 0 Å². The molecule has 2 N–H and O–H groups in total. The minimum atomic E-state index is 0.205. The summed E-state index contributed by atoms with van der Waals surface area (Å²) in [4.78, 5) is 0. The quantitative estimate of drug-likeness (QED) is 0.627. The smallest absolute Gasteiger partial charge is 0.167 e. The minimum absolute atomic E-state index is 0.205. The van der Waals surface area contributed by atoms with Gasteiger partial charge in [-0.15, -0.1) is 6.58 Å². The number of rotatable bonds is 5. The molecule has 0 aromatic heterocycles. The van der Waals surface area contributed by atoms with Gasteiger partial charge in [-0.3, -0.25) is 0 Å². The van der Waals surface area contributed by atoms with Crippen LogP contribution in [-0.4, -0.2) is 11.7 Å². The van der Waals surface area contributed by atoms with E-state index in [1.54, 1.807) is 6.08 Å². The summed E-state index contributed by atoms with van der Waals surface area (Å²) >= 11 is 5.19. The molecule has 0 bridgehead atoms. The third kappa shape index (κ3) is 4.49. The Kier molecular flexibility index (Phi) is 5.86. The summed E-state index contributed by atoms with van der Waals surface area (Å²) in [6.45, 7) is 10.8. The normalized spacial score (nSPS) is 12.0. The van der Waals surface area contributed by atoms with E-state index in [0.29, 0.717) is 17.6 Å². The Morgan fingerprint density at radius 2 is 1.78 bits per heavy atom. The van der Waals surface area contributed by atoms with Crippen LogP contribution in [0.15, 0.2) is 36.9 Å². The number of benzene rings is 1. The van der Waals surface area contributed by atoms with Crippen molar-refractivity contribution in [2.75, 3.05) is 6.54 Å². The fraction of sp³-hybridized carbons (Fsp3) is 0.400. The van der Waals surface area contributed by atoms with Gasteiger partial charge in [0.1, 0.15) is 0 Å². The molecule has 98 valence electrons. The molecule has 0 radical (unpaired) electrons. The summed E-state index contributed by atoms with van der Waals surface area (Å²) in [6.07, 6.45) is 1.79. The predicted molar refractivity (Wildman–Crippen MR) is 82.9 cm³/mol. The van der Waals surface area contributed by atoms with Gasteiger partial charge in [-0.2, -0.15) is 0 Å². The largest absolute Gasteiger partial charge is 0.359 e. The van der Waals surface area contributed by atoms with Gasteiger partial charge in [-0.1, -0.05) is 44.2 Å². The number of nitrogens with one attached hydrogen (secondary N) is 2. The highest BCUT2D eigenvalue weighted by molar-refractivity contribution is 7.80. The molecule has 0 saturated heterocycles. The maximum atomic E-state index is 5.19. The molecule has 18 heavy (non-hydrogen) atoms. The van der Waals surface area contributed by atoms with Crippen molar-refractivity contribution < 1.29 is 0 Å². The number of thiocarbonyl (C=S) groups is 1. The average Bonchev–Trinajstić information content (AvgIpc) is 2.36. The Morgan fingerprint density at radius 1 is 1.22 bits per heavy atom. The Bertz CT molecular complexity index is 395. The Labute approximate surface area is 115 Å². The van der Waals surface area contributed by atoms with E-state index in [0.717, 1.165) is 0 Å². The molecular formula is C15H22N2S. The van der Waals surface area contributed by atoms with Crippen molar-refractivity contribution in [3.8, 4) is 0 Å². The Morgan fingerprint density at radius 3 is 2.28 bits per heavy atom. The molecule has 0 aliphatic carbocycles. The van der Waals surface area contributed by atoms with Crippen molar-refractivity contribution in [3.05, 3.63) is 48.0 Å². The van der Waals surface area contributed by atoms with Gasteiger partial charge in [-0.25, -0.2) is 0 Å². The van der Waals surface area contributed by atoms with Gasteiger partial charge in [0.05, 0.1) is 6.04 Å². The summed E-state index contributed by atoms with van der Waals surface area (Å²) < 4.78 is 0. The van der Waals surface area contributed by atoms with Crippen LogP contribution in [0.25, 0.3) is 0 Å². The van der Waals surface area contributed by atoms with Gasteiger partial charge in [0, 0.05) is 6.54 Å². The van der Waals surface area contributed by atoms with Crippen molar-refractivity contribution >= 4 is 17.3 Å². The van der Waals surface area contributed by atoms with E-state index in [4.69, 9.17) is 12.2 Å². The summed E-state index contributed by atoms with van der Waals surface area (Å²) in [7, 11) is 0. The maximum Gasteiger partial charge on any atom is 0.167 e. The van der Waals surface area contributed by atoms with Crippen LogP contribution in [0, 0.1) is 0 Å². The van der Waals surface area contributed by atoms with E-state index < -0.39 is 0 Å². The van der Waals surface area contributed by atoms with Crippen LogP contribution in [0.5, 0.6) is 0 Å². The maximum absolute atomic E-state index is 5.19. The van der Waals surface area contributed by atoms with Crippen molar-refractivity contribution in [1.29, 1.82) is 0 Å². The fourth-order valence-corrected chi connectivity index (χ4v) is 1.93. The van der Waals surface area contributed by atoms with Crippen LogP contribution in [-0.2, 0) is 0 Å². The van der Waals surface area contributed by atoms with E-state index in [-0.39, 0.29) is 6.04 Å². The third-order valence-electron chi connectivity index (χ3n) is 2.86. The molecule has 0 saturated carbocycles. The lowest BCUT2D eigenvalue weighted by Gasteiger charge is -2.17. The molecule has 1 rings (SSSR count). The topological polar surface area (TPSA) is 24.1 Å². The molecule has 0 aliphatic rings. The zero-order valence-corrected chi connectivity index (χ0v) is 12.2. The molecule has 1 aromatic rings. The van der Waals surface area contributed by atoms with Crippen molar-refractivity contribution in [2.24, 2.45) is 0 Å². The van der Waals surface area contributed by atoms with Gasteiger partial charge in [0.2, 0.25) is 0 Å². The first-order chi connectivity index (χ1) is 8.54. The summed E-state index contributed by atoms with van der Waals surface area (Å²) in [6, 6.07) is 8.87. The predicted octanol–water partition coefficient (Wildman–Crippen LogP) is 3.52. The van der Waals surface area contributed by atoms with Crippen LogP contribution in [0.3, 0.4) is 0 Å². The highest BCUT2D eigenvalue weighted by Crippen LogP contribution is 2.18. The van der Waals surface area contributed by atoms with Crippen LogP contribution in [0.4, 0.5) is 0 Å². The Hall–Kier alpha value is -1.35. The number of hydrogen-bond acceptors (Lipinski definition) is 1. The van der Waals surface area contributed by atoms with Crippen LogP contribution in [0.1, 0.15) is 43.9 Å². The molecule has 0 spiro atoms. The lowest BCUT2D eigenvalue weighted by molar-refractivity contribution is 0.704. The molecule has 1 unspecified atom stereocenters. The Balaban J connectivity index is 2.58. The fourth-order valence-electron chi connectivity index (χ4n) is 1.67. The molecule has 0 aliphatic heterocycles. The van der Waals surface area contributed by atoms with Crippen LogP contribution < -0.4 is 10.6 Å². The standard InChI is InChI=1S/C15H22N2S/c1-5-10-16-15(18)17-12(4)14-8-6-13(7-9-14)11(2)3/h5-9,11-12H,1,10H2,2-4H3,(H2,16,17,18). The number of hydrogen-bond donors (Lipinski definition) is 2. The highest BCUT2D eigenvalue weighted by atomic mass is 32.1. The van der Waals surface area contributed by atoms with Crippen molar-refractivity contribution in [1.82, 2.24) is 10.6 Å². The molecular weight excluding hydrogens is 240 g/mol. The summed E-state index contributed by atoms with van der Waals surface area (Å²) in [5.41, 5.74) is 2.60. The molecule has 0 amide bonds. The lowest BCUT2D eigenvalue weighted by Crippen LogP contribution is -2.36. The average molecular weight is 262 g/mol. The molecule has 1 aromatic carbocycles.